The van der Waals surface area contributed by atoms with E-state index in [1.165, 1.54) is 36.4 Å². The molecule has 0 spiro atoms. The summed E-state index contributed by atoms with van der Waals surface area (Å²) in [4.78, 5) is 25.6. The predicted molar refractivity (Wildman–Crippen MR) is 111 cm³/mol. The number of alkyl halides is 5. The molecule has 5 nitrogen and oxygen atoms in total. The Kier molecular flexibility index (Phi) is 7.28. The molecule has 0 saturated heterocycles. The first kappa shape index (κ1) is 24.5. The summed E-state index contributed by atoms with van der Waals surface area (Å²) in [6.07, 6.45) is -12.2. The van der Waals surface area contributed by atoms with Crippen LogP contribution in [0.2, 0.25) is 5.02 Å². The van der Waals surface area contributed by atoms with Gasteiger partial charge in [-0.05, 0) is 36.8 Å². The molecule has 1 aromatic heterocycles. The first-order chi connectivity index (χ1) is 15.5. The molecule has 1 N–H and O–H groups in total. The lowest BCUT2D eigenvalue weighted by atomic mass is 10.0. The van der Waals surface area contributed by atoms with Crippen molar-refractivity contribution in [3.8, 4) is 16.9 Å². The molecule has 0 fully saturated rings. The molecule has 0 aliphatic rings. The summed E-state index contributed by atoms with van der Waals surface area (Å²) in [5, 5.41) is 13.7. The number of rotatable bonds is 7. The van der Waals surface area contributed by atoms with Crippen LogP contribution in [-0.2, 0) is 0 Å². The van der Waals surface area contributed by atoms with Crippen molar-refractivity contribution in [2.45, 2.75) is 31.5 Å². The molecule has 2 aromatic carbocycles. The number of halogens is 6. The van der Waals surface area contributed by atoms with Crippen LogP contribution in [0, 0.1) is 0 Å². The van der Waals surface area contributed by atoms with E-state index in [4.69, 9.17) is 16.7 Å². The zero-order valence-electron chi connectivity index (χ0n) is 16.7. The molecule has 3 aromatic rings. The van der Waals surface area contributed by atoms with E-state index in [-0.39, 0.29) is 16.9 Å². The number of benzene rings is 2. The number of hydrogen-bond acceptors (Lipinski definition) is 4. The van der Waals surface area contributed by atoms with Crippen molar-refractivity contribution in [3.05, 3.63) is 81.1 Å². The fourth-order valence-corrected chi connectivity index (χ4v) is 3.12. The molecule has 0 bridgehead atoms. The number of aromatic nitrogens is 2. The van der Waals surface area contributed by atoms with Gasteiger partial charge in [-0.3, -0.25) is 9.59 Å². The van der Waals surface area contributed by atoms with Crippen molar-refractivity contribution in [3.63, 3.8) is 0 Å². The normalized spacial score (nSPS) is 12.7. The Bertz CT molecular complexity index is 1210. The molecule has 33 heavy (non-hydrogen) atoms. The number of nitrogens with zero attached hydrogens (tertiary/aromatic N) is 2. The molecule has 0 amide bonds. The monoisotopic (exact) mass is 486 g/mol. The quantitative estimate of drug-likeness (QED) is 0.360. The summed E-state index contributed by atoms with van der Waals surface area (Å²) < 4.78 is 64.7. The van der Waals surface area contributed by atoms with Crippen LogP contribution in [0.15, 0.2) is 59.4 Å². The lowest BCUT2D eigenvalue weighted by Crippen LogP contribution is -2.31. The van der Waals surface area contributed by atoms with Crippen LogP contribution in [0.5, 0.6) is 0 Å². The highest BCUT2D eigenvalue weighted by Gasteiger charge is 2.38. The molecule has 174 valence electrons. The Hall–Kier alpha value is -3.11. The summed E-state index contributed by atoms with van der Waals surface area (Å²) in [7, 11) is 0. The van der Waals surface area contributed by atoms with Gasteiger partial charge in [0.05, 0.1) is 16.9 Å². The van der Waals surface area contributed by atoms with E-state index in [9.17, 15) is 31.5 Å². The van der Waals surface area contributed by atoms with Crippen LogP contribution in [0.3, 0.4) is 0 Å². The van der Waals surface area contributed by atoms with Crippen molar-refractivity contribution in [2.75, 3.05) is 0 Å². The van der Waals surface area contributed by atoms with Crippen LogP contribution in [0.25, 0.3) is 16.9 Å². The van der Waals surface area contributed by atoms with Crippen molar-refractivity contribution in [1.29, 1.82) is 0 Å². The molecule has 0 aliphatic heterocycles. The second-order valence-corrected chi connectivity index (χ2v) is 7.52. The maximum atomic E-state index is 13.1. The molecule has 1 heterocycles. The van der Waals surface area contributed by atoms with Crippen molar-refractivity contribution in [2.24, 2.45) is 0 Å². The van der Waals surface area contributed by atoms with Crippen LogP contribution < -0.4 is 5.56 Å². The third kappa shape index (κ3) is 5.82. The van der Waals surface area contributed by atoms with Crippen molar-refractivity contribution < 1.29 is 31.9 Å². The third-order valence-electron chi connectivity index (χ3n) is 4.74. The van der Waals surface area contributed by atoms with Gasteiger partial charge in [-0.25, -0.2) is 8.78 Å². The SMILES string of the molecule is O=C(CCC(O)C(F)(F)F)c1cc(-c2ccc(Cl)cc2)nn(-c2cccc(C(F)F)c2)c1=O. The molecule has 0 aliphatic carbocycles. The number of hydrogen-bond donors (Lipinski definition) is 1. The van der Waals surface area contributed by atoms with Gasteiger partial charge in [0, 0.05) is 22.6 Å². The minimum absolute atomic E-state index is 0.0574. The zero-order valence-corrected chi connectivity index (χ0v) is 17.4. The van der Waals surface area contributed by atoms with Gasteiger partial charge >= 0.3 is 6.18 Å². The second kappa shape index (κ2) is 9.80. The topological polar surface area (TPSA) is 72.2 Å². The van der Waals surface area contributed by atoms with Crippen LogP contribution in [-0.4, -0.2) is 33.0 Å². The highest BCUT2D eigenvalue weighted by Crippen LogP contribution is 2.25. The summed E-state index contributed by atoms with van der Waals surface area (Å²) in [6.45, 7) is 0. The Balaban J connectivity index is 2.10. The fraction of sp³-hybridized carbons (Fsp3) is 0.227. The first-order valence-electron chi connectivity index (χ1n) is 9.54. The Labute approximate surface area is 189 Å². The zero-order chi connectivity index (χ0) is 24.3. The van der Waals surface area contributed by atoms with E-state index in [0.29, 0.717) is 10.6 Å². The van der Waals surface area contributed by atoms with Crippen LogP contribution in [0.1, 0.15) is 35.2 Å². The van der Waals surface area contributed by atoms with E-state index >= 15 is 0 Å². The average molecular weight is 487 g/mol. The summed E-state index contributed by atoms with van der Waals surface area (Å²) >= 11 is 5.87. The average Bonchev–Trinajstić information content (AvgIpc) is 2.77. The minimum Gasteiger partial charge on any atom is -0.384 e. The minimum atomic E-state index is -4.91. The highest BCUT2D eigenvalue weighted by atomic mass is 35.5. The lowest BCUT2D eigenvalue weighted by molar-refractivity contribution is -0.204. The largest absolute Gasteiger partial charge is 0.414 e. The fourth-order valence-electron chi connectivity index (χ4n) is 2.99. The highest BCUT2D eigenvalue weighted by molar-refractivity contribution is 6.30. The Morgan fingerprint density at radius 3 is 2.36 bits per heavy atom. The smallest absolute Gasteiger partial charge is 0.384 e. The van der Waals surface area contributed by atoms with Crippen LogP contribution >= 0.6 is 11.6 Å². The van der Waals surface area contributed by atoms with Crippen LogP contribution in [0.4, 0.5) is 22.0 Å². The number of carbonyl (C=O) groups excluding carboxylic acids is 1. The lowest BCUT2D eigenvalue weighted by Gasteiger charge is -2.14. The molecule has 0 saturated carbocycles. The first-order valence-corrected chi connectivity index (χ1v) is 9.92. The van der Waals surface area contributed by atoms with Gasteiger partial charge in [-0.1, -0.05) is 35.9 Å². The molecule has 11 heteroatoms. The van der Waals surface area contributed by atoms with E-state index < -0.39 is 48.5 Å². The number of Topliss-reactive ketones (excluding diaryl/α,β-unsaturated/α-hetero) is 1. The Morgan fingerprint density at radius 2 is 1.76 bits per heavy atom. The summed E-state index contributed by atoms with van der Waals surface area (Å²) in [5.74, 6) is -0.959. The van der Waals surface area contributed by atoms with E-state index in [2.05, 4.69) is 5.10 Å². The van der Waals surface area contributed by atoms with E-state index in [1.807, 2.05) is 0 Å². The van der Waals surface area contributed by atoms with Gasteiger partial charge in [0.25, 0.3) is 12.0 Å². The van der Waals surface area contributed by atoms with Gasteiger partial charge in [0.1, 0.15) is 6.10 Å². The Morgan fingerprint density at radius 1 is 1.09 bits per heavy atom. The standard InChI is InChI=1S/C22H16ClF5N2O3/c23-14-6-4-12(5-7-14)17-11-16(18(31)8-9-19(32)22(26,27)28)21(33)30(29-17)15-3-1-2-13(10-15)20(24)25/h1-7,10-11,19-20,32H,8-9H2. The molecule has 1 atom stereocenters. The van der Waals surface area contributed by atoms with Gasteiger partial charge in [0.2, 0.25) is 0 Å². The number of aliphatic hydroxyl groups excluding tert-OH is 1. The third-order valence-corrected chi connectivity index (χ3v) is 4.99. The van der Waals surface area contributed by atoms with Gasteiger partial charge in [-0.15, -0.1) is 0 Å². The van der Waals surface area contributed by atoms with Gasteiger partial charge in [0.15, 0.2) is 5.78 Å². The molecule has 1 unspecified atom stereocenters. The maximum absolute atomic E-state index is 13.1. The molecular weight excluding hydrogens is 471 g/mol. The second-order valence-electron chi connectivity index (χ2n) is 7.08. The molecular formula is C22H16ClF5N2O3. The molecule has 0 radical (unpaired) electrons. The summed E-state index contributed by atoms with van der Waals surface area (Å²) in [5.41, 5.74) is -1.43. The van der Waals surface area contributed by atoms with Crippen molar-refractivity contribution in [1.82, 2.24) is 9.78 Å². The predicted octanol–water partition coefficient (Wildman–Crippen LogP) is 5.38. The number of aliphatic hydroxyl groups is 1. The number of ketones is 1. The van der Waals surface area contributed by atoms with Crippen molar-refractivity contribution >= 4 is 17.4 Å². The maximum Gasteiger partial charge on any atom is 0.414 e. The van der Waals surface area contributed by atoms with Gasteiger partial charge < -0.3 is 5.11 Å². The number of carbonyl (C=O) groups is 1. The molecule has 3 rings (SSSR count). The summed E-state index contributed by atoms with van der Waals surface area (Å²) in [6, 6.07) is 12.0. The van der Waals surface area contributed by atoms with E-state index in [1.54, 1.807) is 0 Å². The van der Waals surface area contributed by atoms with Gasteiger partial charge in [-0.2, -0.15) is 23.0 Å². The van der Waals surface area contributed by atoms with E-state index in [0.717, 1.165) is 22.9 Å².